The van der Waals surface area contributed by atoms with Crippen LogP contribution in [0.15, 0.2) is 48.4 Å². The largest absolute Gasteiger partial charge is 0.395 e. The lowest BCUT2D eigenvalue weighted by atomic mass is 10.2. The number of hydrogen-bond acceptors (Lipinski definition) is 3. The first-order chi connectivity index (χ1) is 7.15. The molecular weight excluding hydrogens is 188 g/mol. The molecule has 0 bridgehead atoms. The first-order valence-corrected chi connectivity index (χ1v) is 4.88. The number of allylic oxidation sites excluding steroid dienone is 4. The van der Waals surface area contributed by atoms with Crippen LogP contribution in [0.4, 0.5) is 0 Å². The third kappa shape index (κ3) is 5.75. The molecule has 0 spiro atoms. The van der Waals surface area contributed by atoms with E-state index < -0.39 is 0 Å². The Hall–Kier alpha value is -1.48. The van der Waals surface area contributed by atoms with E-state index in [1.807, 2.05) is 26.1 Å². The molecule has 0 rings (SSSR count). The summed E-state index contributed by atoms with van der Waals surface area (Å²) >= 11 is 0. The van der Waals surface area contributed by atoms with Crippen LogP contribution in [0.1, 0.15) is 6.92 Å². The molecule has 3 nitrogen and oxygen atoms in total. The van der Waals surface area contributed by atoms with Gasteiger partial charge >= 0.3 is 0 Å². The molecule has 0 radical (unpaired) electrons. The monoisotopic (exact) mass is 208 g/mol. The zero-order valence-corrected chi connectivity index (χ0v) is 9.51. The zero-order valence-electron chi connectivity index (χ0n) is 9.51. The predicted molar refractivity (Wildman–Crippen MR) is 65.3 cm³/mol. The highest BCUT2D eigenvalue weighted by atomic mass is 16.3. The van der Waals surface area contributed by atoms with E-state index in [0.717, 1.165) is 17.0 Å². The summed E-state index contributed by atoms with van der Waals surface area (Å²) < 4.78 is 0. The zero-order chi connectivity index (χ0) is 11.7. The van der Waals surface area contributed by atoms with Gasteiger partial charge in [-0.15, -0.1) is 0 Å². The maximum Gasteiger partial charge on any atom is 0.0604 e. The van der Waals surface area contributed by atoms with Crippen molar-refractivity contribution >= 4 is 0 Å². The Labute approximate surface area is 91.9 Å². The summed E-state index contributed by atoms with van der Waals surface area (Å²) in [5.74, 6) is 0. The van der Waals surface area contributed by atoms with Gasteiger partial charge in [0.15, 0.2) is 0 Å². The average molecular weight is 208 g/mol. The molecule has 0 heterocycles. The third-order valence-corrected chi connectivity index (χ3v) is 1.80. The fourth-order valence-electron chi connectivity index (χ4n) is 1.07. The van der Waals surface area contributed by atoms with Crippen molar-refractivity contribution in [2.75, 3.05) is 20.2 Å². The van der Waals surface area contributed by atoms with E-state index in [1.54, 1.807) is 6.08 Å². The second kappa shape index (κ2) is 7.88. The Morgan fingerprint density at radius 2 is 2.13 bits per heavy atom. The van der Waals surface area contributed by atoms with Crippen molar-refractivity contribution in [2.24, 2.45) is 0 Å². The van der Waals surface area contributed by atoms with Crippen molar-refractivity contribution in [2.45, 2.75) is 6.92 Å². The summed E-state index contributed by atoms with van der Waals surface area (Å²) in [5.41, 5.74) is 2.75. The number of hydrogen-bond donors (Lipinski definition) is 3. The molecule has 84 valence electrons. The van der Waals surface area contributed by atoms with Crippen molar-refractivity contribution < 1.29 is 5.11 Å². The lowest BCUT2D eigenvalue weighted by Gasteiger charge is -2.12. The van der Waals surface area contributed by atoms with Crippen molar-refractivity contribution in [3.05, 3.63) is 48.4 Å². The Kier molecular flexibility index (Phi) is 7.10. The first-order valence-electron chi connectivity index (χ1n) is 4.88. The average Bonchev–Trinajstić information content (AvgIpc) is 2.22. The van der Waals surface area contributed by atoms with Crippen molar-refractivity contribution in [1.82, 2.24) is 10.6 Å². The second-order valence-electron chi connectivity index (χ2n) is 3.08. The molecule has 0 fully saturated rings. The Morgan fingerprint density at radius 1 is 1.47 bits per heavy atom. The molecule has 0 aliphatic rings. The minimum absolute atomic E-state index is 0.0947. The van der Waals surface area contributed by atoms with Gasteiger partial charge in [-0.3, -0.25) is 0 Å². The summed E-state index contributed by atoms with van der Waals surface area (Å²) in [6.07, 6.45) is 5.62. The Morgan fingerprint density at radius 3 is 2.60 bits per heavy atom. The number of rotatable bonds is 7. The topological polar surface area (TPSA) is 44.3 Å². The number of nitrogens with one attached hydrogen (secondary N) is 2. The first kappa shape index (κ1) is 13.5. The van der Waals surface area contributed by atoms with Crippen LogP contribution in [-0.2, 0) is 0 Å². The van der Waals surface area contributed by atoms with Crippen LogP contribution in [0.5, 0.6) is 0 Å². The van der Waals surface area contributed by atoms with Gasteiger partial charge in [0.05, 0.1) is 18.0 Å². The van der Waals surface area contributed by atoms with E-state index in [-0.39, 0.29) is 6.61 Å². The van der Waals surface area contributed by atoms with Crippen LogP contribution in [-0.4, -0.2) is 25.3 Å². The molecule has 15 heavy (non-hydrogen) atoms. The molecule has 0 amide bonds. The van der Waals surface area contributed by atoms with E-state index in [1.165, 1.54) is 0 Å². The predicted octanol–water partition coefficient (Wildman–Crippen LogP) is 1.32. The quantitative estimate of drug-likeness (QED) is 0.553. The van der Waals surface area contributed by atoms with Gasteiger partial charge in [-0.2, -0.15) is 0 Å². The molecular formula is C12H20N2O. The molecule has 0 aliphatic heterocycles. The SMILES string of the molecule is C=C/C=C(C)/C=C(\NC)C(=C)NCCO. The Balaban J connectivity index is 4.53. The third-order valence-electron chi connectivity index (χ3n) is 1.80. The smallest absolute Gasteiger partial charge is 0.0604 e. The summed E-state index contributed by atoms with van der Waals surface area (Å²) in [4.78, 5) is 0. The standard InChI is InChI=1S/C12H20N2O/c1-5-6-10(2)9-12(13-4)11(3)14-7-8-15/h5-6,9,13-15H,1,3,7-8H2,2,4H3/b10-6+,12-9-. The second-order valence-corrected chi connectivity index (χ2v) is 3.08. The van der Waals surface area contributed by atoms with Crippen LogP contribution in [0.3, 0.4) is 0 Å². The van der Waals surface area contributed by atoms with Crippen molar-refractivity contribution in [3.63, 3.8) is 0 Å². The van der Waals surface area contributed by atoms with Crippen LogP contribution in [0, 0.1) is 0 Å². The van der Waals surface area contributed by atoms with Gasteiger partial charge in [-0.05, 0) is 18.6 Å². The fraction of sp³-hybridized carbons (Fsp3) is 0.333. The molecule has 0 unspecified atom stereocenters. The normalized spacial score (nSPS) is 12.2. The summed E-state index contributed by atoms with van der Waals surface area (Å²) in [7, 11) is 1.83. The lowest BCUT2D eigenvalue weighted by Crippen LogP contribution is -2.23. The van der Waals surface area contributed by atoms with Gasteiger partial charge < -0.3 is 15.7 Å². The Bertz CT molecular complexity index is 277. The van der Waals surface area contributed by atoms with Crippen LogP contribution in [0.2, 0.25) is 0 Å². The van der Waals surface area contributed by atoms with Gasteiger partial charge in [-0.1, -0.05) is 25.3 Å². The number of aliphatic hydroxyl groups is 1. The summed E-state index contributed by atoms with van der Waals surface area (Å²) in [6.45, 7) is 10.1. The maximum absolute atomic E-state index is 8.67. The van der Waals surface area contributed by atoms with Gasteiger partial charge in [0.25, 0.3) is 0 Å². The van der Waals surface area contributed by atoms with Crippen LogP contribution in [0.25, 0.3) is 0 Å². The highest BCUT2D eigenvalue weighted by Gasteiger charge is 1.98. The van der Waals surface area contributed by atoms with E-state index in [9.17, 15) is 0 Å². The van der Waals surface area contributed by atoms with Crippen LogP contribution >= 0.6 is 0 Å². The molecule has 0 aromatic rings. The molecule has 0 saturated carbocycles. The summed E-state index contributed by atoms with van der Waals surface area (Å²) in [6, 6.07) is 0. The number of aliphatic hydroxyl groups excluding tert-OH is 1. The van der Waals surface area contributed by atoms with E-state index in [4.69, 9.17) is 5.11 Å². The lowest BCUT2D eigenvalue weighted by molar-refractivity contribution is 0.297. The fourth-order valence-corrected chi connectivity index (χ4v) is 1.07. The molecule has 0 saturated heterocycles. The van der Waals surface area contributed by atoms with E-state index >= 15 is 0 Å². The molecule has 3 heteroatoms. The highest BCUT2D eigenvalue weighted by molar-refractivity contribution is 5.33. The minimum Gasteiger partial charge on any atom is -0.395 e. The van der Waals surface area contributed by atoms with E-state index in [2.05, 4.69) is 23.8 Å². The molecule has 0 aromatic heterocycles. The minimum atomic E-state index is 0.0947. The maximum atomic E-state index is 8.67. The van der Waals surface area contributed by atoms with Gasteiger partial charge in [0.2, 0.25) is 0 Å². The van der Waals surface area contributed by atoms with Crippen LogP contribution < -0.4 is 10.6 Å². The summed E-state index contributed by atoms with van der Waals surface area (Å²) in [5, 5.41) is 14.7. The van der Waals surface area contributed by atoms with Crippen molar-refractivity contribution in [1.29, 1.82) is 0 Å². The van der Waals surface area contributed by atoms with Gasteiger partial charge in [-0.25, -0.2) is 0 Å². The van der Waals surface area contributed by atoms with Gasteiger partial charge in [0.1, 0.15) is 0 Å². The highest BCUT2D eigenvalue weighted by Crippen LogP contribution is 2.05. The van der Waals surface area contributed by atoms with Gasteiger partial charge in [0, 0.05) is 13.6 Å². The van der Waals surface area contributed by atoms with E-state index in [0.29, 0.717) is 6.54 Å². The molecule has 0 aliphatic carbocycles. The molecule has 3 N–H and O–H groups in total. The molecule has 0 aromatic carbocycles. The van der Waals surface area contributed by atoms with Crippen molar-refractivity contribution in [3.8, 4) is 0 Å². The molecule has 0 atom stereocenters. The number of likely N-dealkylation sites (N-methyl/N-ethyl adjacent to an activating group) is 1.